The standard InChI is InChI=1S/C15H20N4O3/c1-4-12-13(9(2)21-18-12)15(20)19-7-5-6-11(8-19)14-16-10(3)17-22-14/h11H,4-8H2,1-3H3. The third-order valence-electron chi connectivity index (χ3n) is 4.08. The highest BCUT2D eigenvalue weighted by Crippen LogP contribution is 2.27. The lowest BCUT2D eigenvalue weighted by Gasteiger charge is -2.31. The molecule has 3 heterocycles. The van der Waals surface area contributed by atoms with Crippen molar-refractivity contribution in [3.63, 3.8) is 0 Å². The van der Waals surface area contributed by atoms with Gasteiger partial charge in [-0.15, -0.1) is 0 Å². The lowest BCUT2D eigenvalue weighted by molar-refractivity contribution is 0.0693. The molecule has 118 valence electrons. The Balaban J connectivity index is 1.79. The number of aromatic nitrogens is 3. The fourth-order valence-corrected chi connectivity index (χ4v) is 2.93. The Morgan fingerprint density at radius 1 is 1.32 bits per heavy atom. The third-order valence-corrected chi connectivity index (χ3v) is 4.08. The molecule has 7 heteroatoms. The van der Waals surface area contributed by atoms with Crippen molar-refractivity contribution >= 4 is 5.91 Å². The zero-order valence-corrected chi connectivity index (χ0v) is 13.1. The zero-order chi connectivity index (χ0) is 15.7. The van der Waals surface area contributed by atoms with Crippen molar-refractivity contribution in [1.29, 1.82) is 0 Å². The Hall–Kier alpha value is -2.18. The topological polar surface area (TPSA) is 85.3 Å². The van der Waals surface area contributed by atoms with Crippen LogP contribution in [0.4, 0.5) is 0 Å². The van der Waals surface area contributed by atoms with Crippen LogP contribution in [0.5, 0.6) is 0 Å². The molecule has 2 aromatic heterocycles. The van der Waals surface area contributed by atoms with E-state index < -0.39 is 0 Å². The van der Waals surface area contributed by atoms with Gasteiger partial charge in [-0.05, 0) is 33.1 Å². The van der Waals surface area contributed by atoms with Crippen LogP contribution in [0.3, 0.4) is 0 Å². The fourth-order valence-electron chi connectivity index (χ4n) is 2.93. The molecule has 0 bridgehead atoms. The largest absolute Gasteiger partial charge is 0.361 e. The van der Waals surface area contributed by atoms with Crippen molar-refractivity contribution in [3.05, 3.63) is 28.7 Å². The molecule has 7 nitrogen and oxygen atoms in total. The van der Waals surface area contributed by atoms with Crippen LogP contribution in [0.15, 0.2) is 9.05 Å². The number of amides is 1. The van der Waals surface area contributed by atoms with Crippen LogP contribution in [0.1, 0.15) is 59.2 Å². The van der Waals surface area contributed by atoms with E-state index in [1.54, 1.807) is 13.8 Å². The van der Waals surface area contributed by atoms with Gasteiger partial charge in [0.2, 0.25) is 5.89 Å². The van der Waals surface area contributed by atoms with E-state index in [2.05, 4.69) is 15.3 Å². The Kier molecular flexibility index (Phi) is 3.96. The molecule has 1 aliphatic rings. The van der Waals surface area contributed by atoms with E-state index in [-0.39, 0.29) is 11.8 Å². The van der Waals surface area contributed by atoms with E-state index in [1.165, 1.54) is 0 Å². The minimum absolute atomic E-state index is 0.0171. The summed E-state index contributed by atoms with van der Waals surface area (Å²) in [4.78, 5) is 18.9. The van der Waals surface area contributed by atoms with Crippen LogP contribution in [0.2, 0.25) is 0 Å². The maximum atomic E-state index is 12.8. The Labute approximate surface area is 128 Å². The molecule has 1 aliphatic heterocycles. The first-order valence-corrected chi connectivity index (χ1v) is 7.64. The molecule has 1 saturated heterocycles. The molecule has 0 saturated carbocycles. The summed E-state index contributed by atoms with van der Waals surface area (Å²) in [5.74, 6) is 1.91. The van der Waals surface area contributed by atoms with Gasteiger partial charge in [0.15, 0.2) is 5.82 Å². The third kappa shape index (κ3) is 2.63. The van der Waals surface area contributed by atoms with Gasteiger partial charge in [0.1, 0.15) is 11.3 Å². The van der Waals surface area contributed by atoms with E-state index in [1.807, 2.05) is 11.8 Å². The fraction of sp³-hybridized carbons (Fsp3) is 0.600. The highest BCUT2D eigenvalue weighted by molar-refractivity contribution is 5.96. The lowest BCUT2D eigenvalue weighted by atomic mass is 9.97. The molecule has 3 rings (SSSR count). The molecule has 0 spiro atoms. The molecular formula is C15H20N4O3. The summed E-state index contributed by atoms with van der Waals surface area (Å²) in [6.07, 6.45) is 2.55. The van der Waals surface area contributed by atoms with Crippen molar-refractivity contribution in [2.45, 2.75) is 46.0 Å². The van der Waals surface area contributed by atoms with Gasteiger partial charge in [-0.25, -0.2) is 0 Å². The zero-order valence-electron chi connectivity index (χ0n) is 13.1. The first-order chi connectivity index (χ1) is 10.6. The Morgan fingerprint density at radius 3 is 2.82 bits per heavy atom. The minimum Gasteiger partial charge on any atom is -0.361 e. The number of carbonyl (C=O) groups is 1. The molecule has 1 unspecified atom stereocenters. The van der Waals surface area contributed by atoms with Crippen LogP contribution in [0, 0.1) is 13.8 Å². The highest BCUT2D eigenvalue weighted by Gasteiger charge is 2.31. The predicted molar refractivity (Wildman–Crippen MR) is 77.5 cm³/mol. The van der Waals surface area contributed by atoms with E-state index in [0.717, 1.165) is 25.1 Å². The van der Waals surface area contributed by atoms with Crippen molar-refractivity contribution in [3.8, 4) is 0 Å². The summed E-state index contributed by atoms with van der Waals surface area (Å²) in [7, 11) is 0. The molecule has 1 fully saturated rings. The van der Waals surface area contributed by atoms with Crippen molar-refractivity contribution in [2.75, 3.05) is 13.1 Å². The summed E-state index contributed by atoms with van der Waals surface area (Å²) < 4.78 is 10.4. The molecule has 0 radical (unpaired) electrons. The molecule has 0 aromatic carbocycles. The average Bonchev–Trinajstić information content (AvgIpc) is 3.12. The minimum atomic E-state index is -0.0171. The van der Waals surface area contributed by atoms with Crippen LogP contribution in [0.25, 0.3) is 0 Å². The molecule has 1 atom stereocenters. The maximum Gasteiger partial charge on any atom is 0.259 e. The number of aryl methyl sites for hydroxylation is 3. The number of carbonyl (C=O) groups excluding carboxylic acids is 1. The SMILES string of the molecule is CCc1noc(C)c1C(=O)N1CCCC(c2nc(C)no2)C1. The van der Waals surface area contributed by atoms with Gasteiger partial charge < -0.3 is 13.9 Å². The molecule has 0 N–H and O–H groups in total. The lowest BCUT2D eigenvalue weighted by Crippen LogP contribution is -2.39. The number of rotatable bonds is 3. The van der Waals surface area contributed by atoms with Gasteiger partial charge in [0.05, 0.1) is 11.6 Å². The second-order valence-corrected chi connectivity index (χ2v) is 5.68. The molecule has 1 amide bonds. The van der Waals surface area contributed by atoms with E-state index >= 15 is 0 Å². The second-order valence-electron chi connectivity index (χ2n) is 5.68. The monoisotopic (exact) mass is 304 g/mol. The first kappa shape index (κ1) is 14.7. The number of hydrogen-bond acceptors (Lipinski definition) is 6. The Morgan fingerprint density at radius 2 is 2.14 bits per heavy atom. The van der Waals surface area contributed by atoms with E-state index in [9.17, 15) is 4.79 Å². The van der Waals surface area contributed by atoms with Crippen molar-refractivity contribution < 1.29 is 13.8 Å². The van der Waals surface area contributed by atoms with Crippen LogP contribution >= 0.6 is 0 Å². The average molecular weight is 304 g/mol. The quantitative estimate of drug-likeness (QED) is 0.864. The highest BCUT2D eigenvalue weighted by atomic mass is 16.5. The summed E-state index contributed by atoms with van der Waals surface area (Å²) in [6.45, 7) is 6.87. The molecular weight excluding hydrogens is 284 g/mol. The second kappa shape index (κ2) is 5.90. The van der Waals surface area contributed by atoms with E-state index in [0.29, 0.717) is 36.0 Å². The summed E-state index contributed by atoms with van der Waals surface area (Å²) in [6, 6.07) is 0. The molecule has 2 aromatic rings. The van der Waals surface area contributed by atoms with Gasteiger partial charge >= 0.3 is 0 Å². The summed E-state index contributed by atoms with van der Waals surface area (Å²) >= 11 is 0. The van der Waals surface area contributed by atoms with Crippen molar-refractivity contribution in [1.82, 2.24) is 20.2 Å². The van der Waals surface area contributed by atoms with Gasteiger partial charge in [-0.1, -0.05) is 17.2 Å². The number of nitrogens with zero attached hydrogens (tertiary/aromatic N) is 4. The van der Waals surface area contributed by atoms with Crippen LogP contribution < -0.4 is 0 Å². The number of piperidine rings is 1. The van der Waals surface area contributed by atoms with Crippen molar-refractivity contribution in [2.24, 2.45) is 0 Å². The summed E-state index contributed by atoms with van der Waals surface area (Å²) in [5, 5.41) is 7.81. The molecule has 0 aliphatic carbocycles. The maximum absolute atomic E-state index is 12.8. The van der Waals surface area contributed by atoms with Gasteiger partial charge in [-0.3, -0.25) is 4.79 Å². The Bertz CT molecular complexity index is 676. The van der Waals surface area contributed by atoms with Gasteiger partial charge in [0, 0.05) is 13.1 Å². The van der Waals surface area contributed by atoms with Gasteiger partial charge in [-0.2, -0.15) is 4.98 Å². The number of hydrogen-bond donors (Lipinski definition) is 0. The smallest absolute Gasteiger partial charge is 0.259 e. The predicted octanol–water partition coefficient (Wildman–Crippen LogP) is 2.26. The van der Waals surface area contributed by atoms with E-state index in [4.69, 9.17) is 9.05 Å². The first-order valence-electron chi connectivity index (χ1n) is 7.64. The van der Waals surface area contributed by atoms with Crippen LogP contribution in [-0.4, -0.2) is 39.2 Å². The normalized spacial score (nSPS) is 18.7. The number of likely N-dealkylation sites (tertiary alicyclic amines) is 1. The summed E-state index contributed by atoms with van der Waals surface area (Å²) in [5.41, 5.74) is 1.32. The molecule has 22 heavy (non-hydrogen) atoms. The van der Waals surface area contributed by atoms with Gasteiger partial charge in [0.25, 0.3) is 5.91 Å². The van der Waals surface area contributed by atoms with Crippen LogP contribution in [-0.2, 0) is 6.42 Å².